The van der Waals surface area contributed by atoms with Gasteiger partial charge in [0.25, 0.3) is 5.56 Å². The van der Waals surface area contributed by atoms with Gasteiger partial charge in [-0.2, -0.15) is 0 Å². The quantitative estimate of drug-likeness (QED) is 0.195. The predicted octanol–water partition coefficient (Wildman–Crippen LogP) is 5.62. The number of benzene rings is 3. The molecule has 0 saturated carbocycles. The van der Waals surface area contributed by atoms with Crippen molar-refractivity contribution in [3.05, 3.63) is 139 Å². The maximum atomic E-state index is 14.1. The third-order valence-corrected chi connectivity index (χ3v) is 7.84. The van der Waals surface area contributed by atoms with E-state index in [-0.39, 0.29) is 12.2 Å². The van der Waals surface area contributed by atoms with Crippen LogP contribution in [0.4, 0.5) is 0 Å². The van der Waals surface area contributed by atoms with Crippen LogP contribution < -0.4 is 19.6 Å². The van der Waals surface area contributed by atoms with Gasteiger partial charge in [-0.15, -0.1) is 0 Å². The van der Waals surface area contributed by atoms with Gasteiger partial charge in [0.05, 0.1) is 28.5 Å². The zero-order chi connectivity index (χ0) is 28.9. The monoisotopic (exact) mass is 564 g/mol. The second-order valence-electron chi connectivity index (χ2n) is 9.89. The van der Waals surface area contributed by atoms with E-state index < -0.39 is 12.0 Å². The Morgan fingerprint density at radius 3 is 2.44 bits per heavy atom. The summed E-state index contributed by atoms with van der Waals surface area (Å²) in [6, 6.07) is 24.5. The molecular formula is C34H32N2O4S. The topological polar surface area (TPSA) is 69.9 Å². The van der Waals surface area contributed by atoms with Crippen molar-refractivity contribution < 1.29 is 14.3 Å². The Balaban J connectivity index is 1.79. The highest BCUT2D eigenvalue weighted by Crippen LogP contribution is 2.35. The molecule has 5 rings (SSSR count). The molecule has 2 heterocycles. The second-order valence-corrected chi connectivity index (χ2v) is 10.9. The Hall–Kier alpha value is -4.49. The van der Waals surface area contributed by atoms with Gasteiger partial charge in [0.2, 0.25) is 0 Å². The first-order valence-electron chi connectivity index (χ1n) is 13.6. The van der Waals surface area contributed by atoms with Gasteiger partial charge in [0, 0.05) is 11.1 Å². The van der Waals surface area contributed by atoms with Gasteiger partial charge in [-0.3, -0.25) is 9.36 Å². The molecule has 3 aromatic carbocycles. The molecule has 0 aliphatic carbocycles. The third-order valence-electron chi connectivity index (χ3n) is 6.85. The van der Waals surface area contributed by atoms with Crippen LogP contribution >= 0.6 is 11.3 Å². The van der Waals surface area contributed by atoms with Crippen molar-refractivity contribution >= 4 is 29.1 Å². The van der Waals surface area contributed by atoms with Crippen LogP contribution in [0.25, 0.3) is 11.8 Å². The SMILES string of the molecule is C=CCOc1ccccc1/C=c1/sc2n(c1=O)[C@@H](c1ccc(C(C)C)cc1)C(C(=O)OCC)=C(c1ccccc1)N=2. The molecule has 1 aliphatic rings. The van der Waals surface area contributed by atoms with Crippen molar-refractivity contribution in [1.82, 2.24) is 4.57 Å². The zero-order valence-corrected chi connectivity index (χ0v) is 24.2. The second kappa shape index (κ2) is 12.4. The number of fused-ring (bicyclic) bond motifs is 1. The summed E-state index contributed by atoms with van der Waals surface area (Å²) in [7, 11) is 0. The third kappa shape index (κ3) is 5.72. The Labute approximate surface area is 243 Å². The van der Waals surface area contributed by atoms with E-state index in [2.05, 4.69) is 20.4 Å². The summed E-state index contributed by atoms with van der Waals surface area (Å²) < 4.78 is 13.5. The highest BCUT2D eigenvalue weighted by molar-refractivity contribution is 7.07. The van der Waals surface area contributed by atoms with Crippen LogP contribution in [0.5, 0.6) is 5.75 Å². The van der Waals surface area contributed by atoms with Crippen molar-refractivity contribution in [2.45, 2.75) is 32.7 Å². The lowest BCUT2D eigenvalue weighted by Gasteiger charge is -2.26. The minimum Gasteiger partial charge on any atom is -0.489 e. The summed E-state index contributed by atoms with van der Waals surface area (Å²) >= 11 is 1.29. The molecule has 7 heteroatoms. The van der Waals surface area contributed by atoms with Crippen molar-refractivity contribution in [3.8, 4) is 5.75 Å². The van der Waals surface area contributed by atoms with Gasteiger partial charge in [-0.1, -0.05) is 111 Å². The average Bonchev–Trinajstić information content (AvgIpc) is 3.30. The largest absolute Gasteiger partial charge is 0.489 e. The summed E-state index contributed by atoms with van der Waals surface area (Å²) in [4.78, 5) is 33.2. The highest BCUT2D eigenvalue weighted by Gasteiger charge is 2.35. The summed E-state index contributed by atoms with van der Waals surface area (Å²) in [5.74, 6) is 0.496. The van der Waals surface area contributed by atoms with Crippen LogP contribution in [0.1, 0.15) is 55.0 Å². The van der Waals surface area contributed by atoms with E-state index in [1.165, 1.54) is 16.9 Å². The number of thiazole rings is 1. The fourth-order valence-electron chi connectivity index (χ4n) is 4.84. The van der Waals surface area contributed by atoms with Crippen LogP contribution in [-0.4, -0.2) is 23.8 Å². The van der Waals surface area contributed by atoms with Gasteiger partial charge >= 0.3 is 5.97 Å². The summed E-state index contributed by atoms with van der Waals surface area (Å²) in [6.45, 7) is 10.3. The van der Waals surface area contributed by atoms with Gasteiger partial charge in [0.1, 0.15) is 12.4 Å². The number of carbonyl (C=O) groups is 1. The first kappa shape index (κ1) is 28.1. The molecule has 1 aliphatic heterocycles. The Morgan fingerprint density at radius 2 is 1.76 bits per heavy atom. The number of rotatable bonds is 9. The van der Waals surface area contributed by atoms with Crippen molar-refractivity contribution in [2.75, 3.05) is 13.2 Å². The standard InChI is InChI=1S/C34H32N2O4S/c1-5-20-40-27-15-11-10-14-26(27)21-28-32(37)36-31(25-18-16-23(17-19-25)22(3)4)29(33(38)39-6-2)30(35-34(36)41-28)24-12-8-7-9-13-24/h5,7-19,21-22,31H,1,6,20H2,2-4H3/b28-21+/t31-/m0/s1. The Bertz CT molecular complexity index is 1780. The van der Waals surface area contributed by atoms with Crippen LogP contribution in [-0.2, 0) is 9.53 Å². The molecule has 0 spiro atoms. The molecule has 0 radical (unpaired) electrons. The molecule has 208 valence electrons. The number of nitrogens with zero attached hydrogens (tertiary/aromatic N) is 2. The van der Waals surface area contributed by atoms with Gasteiger partial charge in [-0.05, 0) is 36.1 Å². The van der Waals surface area contributed by atoms with Crippen molar-refractivity contribution in [3.63, 3.8) is 0 Å². The maximum absolute atomic E-state index is 14.1. The molecule has 0 saturated heterocycles. The number of hydrogen-bond acceptors (Lipinski definition) is 6. The van der Waals surface area contributed by atoms with E-state index in [0.717, 1.165) is 16.7 Å². The highest BCUT2D eigenvalue weighted by atomic mass is 32.1. The average molecular weight is 565 g/mol. The molecule has 4 aromatic rings. The van der Waals surface area contributed by atoms with Gasteiger partial charge in [-0.25, -0.2) is 9.79 Å². The van der Waals surface area contributed by atoms with Crippen molar-refractivity contribution in [1.29, 1.82) is 0 Å². The first-order chi connectivity index (χ1) is 19.9. The first-order valence-corrected chi connectivity index (χ1v) is 14.5. The number of carbonyl (C=O) groups excluding carboxylic acids is 1. The lowest BCUT2D eigenvalue weighted by atomic mass is 9.91. The number of esters is 1. The number of para-hydroxylation sites is 1. The Morgan fingerprint density at radius 1 is 1.05 bits per heavy atom. The van der Waals surface area contributed by atoms with Crippen molar-refractivity contribution in [2.24, 2.45) is 4.99 Å². The summed E-state index contributed by atoms with van der Waals surface area (Å²) in [5.41, 5.74) is 4.13. The van der Waals surface area contributed by atoms with E-state index in [1.54, 1.807) is 17.6 Å². The maximum Gasteiger partial charge on any atom is 0.338 e. The number of aromatic nitrogens is 1. The minimum atomic E-state index is -0.712. The van der Waals surface area contributed by atoms with Crippen LogP contribution in [0, 0.1) is 0 Å². The molecule has 41 heavy (non-hydrogen) atoms. The molecular weight excluding hydrogens is 532 g/mol. The number of ether oxygens (including phenoxy) is 2. The van der Waals surface area contributed by atoms with Crippen LogP contribution in [0.2, 0.25) is 0 Å². The van der Waals surface area contributed by atoms with Gasteiger partial charge < -0.3 is 9.47 Å². The molecule has 0 N–H and O–H groups in total. The normalized spacial score (nSPS) is 14.9. The molecule has 0 bridgehead atoms. The Kier molecular flexibility index (Phi) is 8.45. The summed E-state index contributed by atoms with van der Waals surface area (Å²) in [5, 5.41) is 0. The molecule has 1 atom stereocenters. The van der Waals surface area contributed by atoms with E-state index in [9.17, 15) is 9.59 Å². The van der Waals surface area contributed by atoms with Crippen LogP contribution in [0.3, 0.4) is 0 Å². The van der Waals surface area contributed by atoms with Crippen LogP contribution in [0.15, 0.2) is 107 Å². The van der Waals surface area contributed by atoms with E-state index in [4.69, 9.17) is 14.5 Å². The lowest BCUT2D eigenvalue weighted by Crippen LogP contribution is -2.40. The van der Waals surface area contributed by atoms with E-state index >= 15 is 0 Å². The predicted molar refractivity (Wildman–Crippen MR) is 164 cm³/mol. The fraction of sp³-hybridized carbons (Fsp3) is 0.206. The molecule has 0 fully saturated rings. The smallest absolute Gasteiger partial charge is 0.338 e. The molecule has 6 nitrogen and oxygen atoms in total. The van der Waals surface area contributed by atoms with Gasteiger partial charge in [0.15, 0.2) is 4.80 Å². The minimum absolute atomic E-state index is 0.204. The fourth-order valence-corrected chi connectivity index (χ4v) is 5.83. The lowest BCUT2D eigenvalue weighted by molar-refractivity contribution is -0.138. The molecule has 0 unspecified atom stereocenters. The number of hydrogen-bond donors (Lipinski definition) is 0. The van der Waals surface area contributed by atoms with E-state index in [1.807, 2.05) is 84.9 Å². The summed E-state index contributed by atoms with van der Waals surface area (Å²) in [6.07, 6.45) is 3.49. The molecule has 1 aromatic heterocycles. The molecule has 0 amide bonds. The zero-order valence-electron chi connectivity index (χ0n) is 23.4. The van der Waals surface area contributed by atoms with E-state index in [0.29, 0.717) is 38.9 Å².